The molecule has 0 aromatic carbocycles. The summed E-state index contributed by atoms with van der Waals surface area (Å²) in [5.41, 5.74) is 5.40. The number of hydrogen-bond donors (Lipinski definition) is 2. The number of nitrogens with zero attached hydrogens (tertiary/aromatic N) is 1. The standard InChI is InChI=1S/C4H7N3OS.ClH/c1-2(5)3-6-7-4(9)8-3;/h2H,5H2,1H3,(H,7,9);1H. The number of nitrogens with one attached hydrogen (secondary N) is 1. The van der Waals surface area contributed by atoms with Gasteiger partial charge in [0.1, 0.15) is 0 Å². The minimum absolute atomic E-state index is 0. The maximum Gasteiger partial charge on any atom is 0.284 e. The first kappa shape index (κ1) is 9.61. The van der Waals surface area contributed by atoms with Gasteiger partial charge in [0.25, 0.3) is 4.84 Å². The Labute approximate surface area is 69.2 Å². The van der Waals surface area contributed by atoms with Crippen molar-refractivity contribution in [2.24, 2.45) is 5.73 Å². The van der Waals surface area contributed by atoms with Crippen LogP contribution in [0.2, 0.25) is 0 Å². The fourth-order valence-corrected chi connectivity index (χ4v) is 0.567. The highest BCUT2D eigenvalue weighted by atomic mass is 35.5. The summed E-state index contributed by atoms with van der Waals surface area (Å²) in [4.78, 5) is 0.266. The molecule has 1 heterocycles. The Balaban J connectivity index is 0.000000810. The van der Waals surface area contributed by atoms with E-state index in [9.17, 15) is 0 Å². The van der Waals surface area contributed by atoms with Crippen LogP contribution in [0.3, 0.4) is 0 Å². The number of hydrogen-bond acceptors (Lipinski definition) is 4. The predicted molar refractivity (Wildman–Crippen MR) is 41.5 cm³/mol. The van der Waals surface area contributed by atoms with Crippen LogP contribution in [0.25, 0.3) is 0 Å². The predicted octanol–water partition coefficient (Wildman–Crippen LogP) is 1.17. The van der Waals surface area contributed by atoms with Crippen LogP contribution in [0, 0.1) is 4.84 Å². The Hall–Kier alpha value is -0.390. The molecule has 0 radical (unpaired) electrons. The third-order valence-electron chi connectivity index (χ3n) is 0.844. The smallest absolute Gasteiger partial charge is 0.284 e. The molecule has 0 spiro atoms. The van der Waals surface area contributed by atoms with Crippen molar-refractivity contribution in [3.63, 3.8) is 0 Å². The van der Waals surface area contributed by atoms with Gasteiger partial charge in [0.15, 0.2) is 0 Å². The zero-order valence-corrected chi connectivity index (χ0v) is 6.96. The molecule has 0 aliphatic heterocycles. The molecular formula is C4H8ClN3OS. The van der Waals surface area contributed by atoms with E-state index in [2.05, 4.69) is 22.4 Å². The van der Waals surface area contributed by atoms with E-state index in [1.807, 2.05) is 0 Å². The second kappa shape index (κ2) is 3.70. The Bertz CT molecular complexity index is 243. The van der Waals surface area contributed by atoms with Gasteiger partial charge < -0.3 is 10.2 Å². The van der Waals surface area contributed by atoms with Crippen LogP contribution in [0.15, 0.2) is 4.42 Å². The summed E-state index contributed by atoms with van der Waals surface area (Å²) in [7, 11) is 0. The first-order chi connectivity index (χ1) is 4.20. The topological polar surface area (TPSA) is 67.8 Å². The van der Waals surface area contributed by atoms with Crippen LogP contribution in [-0.4, -0.2) is 10.2 Å². The van der Waals surface area contributed by atoms with Gasteiger partial charge in [0.2, 0.25) is 5.89 Å². The highest BCUT2D eigenvalue weighted by Gasteiger charge is 2.03. The molecule has 0 aliphatic carbocycles. The number of aromatic nitrogens is 2. The van der Waals surface area contributed by atoms with Crippen LogP contribution in [0.5, 0.6) is 0 Å². The van der Waals surface area contributed by atoms with E-state index >= 15 is 0 Å². The fraction of sp³-hybridized carbons (Fsp3) is 0.500. The van der Waals surface area contributed by atoms with Crippen molar-refractivity contribution in [1.82, 2.24) is 10.2 Å². The molecule has 6 heteroatoms. The van der Waals surface area contributed by atoms with Crippen molar-refractivity contribution in [2.45, 2.75) is 13.0 Å². The van der Waals surface area contributed by atoms with E-state index in [4.69, 9.17) is 10.2 Å². The maximum absolute atomic E-state index is 5.40. The van der Waals surface area contributed by atoms with E-state index in [-0.39, 0.29) is 23.3 Å². The lowest BCUT2D eigenvalue weighted by Crippen LogP contribution is -2.04. The van der Waals surface area contributed by atoms with Crippen molar-refractivity contribution in [3.05, 3.63) is 10.7 Å². The molecule has 3 N–H and O–H groups in total. The van der Waals surface area contributed by atoms with Crippen molar-refractivity contribution >= 4 is 24.6 Å². The van der Waals surface area contributed by atoms with Gasteiger partial charge in [-0.2, -0.15) is 0 Å². The average Bonchev–Trinajstić information content (AvgIpc) is 2.14. The van der Waals surface area contributed by atoms with Gasteiger partial charge in [-0.1, -0.05) is 0 Å². The van der Waals surface area contributed by atoms with Crippen LogP contribution in [0.1, 0.15) is 18.9 Å². The lowest BCUT2D eigenvalue weighted by Gasteiger charge is -1.92. The molecule has 0 fully saturated rings. The van der Waals surface area contributed by atoms with E-state index in [0.29, 0.717) is 5.89 Å². The van der Waals surface area contributed by atoms with Gasteiger partial charge in [-0.05, 0) is 19.1 Å². The number of nitrogens with two attached hydrogens (primary N) is 1. The fourth-order valence-electron chi connectivity index (χ4n) is 0.436. The molecule has 4 nitrogen and oxygen atoms in total. The Morgan fingerprint density at radius 3 is 2.60 bits per heavy atom. The van der Waals surface area contributed by atoms with Gasteiger partial charge >= 0.3 is 0 Å². The molecule has 0 amide bonds. The van der Waals surface area contributed by atoms with Gasteiger partial charge in [-0.3, -0.25) is 0 Å². The highest BCUT2D eigenvalue weighted by molar-refractivity contribution is 7.71. The van der Waals surface area contributed by atoms with Gasteiger partial charge in [0, 0.05) is 0 Å². The molecule has 0 aliphatic rings. The van der Waals surface area contributed by atoms with Crippen molar-refractivity contribution < 1.29 is 4.42 Å². The average molecular weight is 182 g/mol. The maximum atomic E-state index is 5.40. The zero-order valence-electron chi connectivity index (χ0n) is 5.33. The largest absolute Gasteiger partial charge is 0.412 e. The number of rotatable bonds is 1. The Morgan fingerprint density at radius 1 is 1.80 bits per heavy atom. The van der Waals surface area contributed by atoms with Gasteiger partial charge in [-0.25, -0.2) is 5.10 Å². The van der Waals surface area contributed by atoms with E-state index < -0.39 is 0 Å². The third kappa shape index (κ3) is 2.09. The quantitative estimate of drug-likeness (QED) is 0.639. The molecule has 58 valence electrons. The summed E-state index contributed by atoms with van der Waals surface area (Å²) in [6, 6.07) is -0.196. The first-order valence-electron chi connectivity index (χ1n) is 2.51. The monoisotopic (exact) mass is 181 g/mol. The summed E-state index contributed by atoms with van der Waals surface area (Å²) in [5.74, 6) is 0.444. The van der Waals surface area contributed by atoms with Crippen LogP contribution in [-0.2, 0) is 0 Å². The normalized spacial score (nSPS) is 12.2. The molecule has 1 unspecified atom stereocenters. The molecular weight excluding hydrogens is 174 g/mol. The first-order valence-corrected chi connectivity index (χ1v) is 2.92. The second-order valence-corrected chi connectivity index (χ2v) is 2.11. The summed E-state index contributed by atoms with van der Waals surface area (Å²) in [5, 5.41) is 6.16. The molecule has 1 aromatic rings. The van der Waals surface area contributed by atoms with E-state index in [1.165, 1.54) is 0 Å². The lowest BCUT2D eigenvalue weighted by molar-refractivity contribution is 0.452. The van der Waals surface area contributed by atoms with Gasteiger partial charge in [0.05, 0.1) is 6.04 Å². The second-order valence-electron chi connectivity index (χ2n) is 1.74. The minimum atomic E-state index is -0.196. The van der Waals surface area contributed by atoms with Gasteiger partial charge in [-0.15, -0.1) is 17.5 Å². The number of halogens is 1. The van der Waals surface area contributed by atoms with Crippen molar-refractivity contribution in [3.8, 4) is 0 Å². The number of H-pyrrole nitrogens is 1. The lowest BCUT2D eigenvalue weighted by atomic mass is 10.4. The minimum Gasteiger partial charge on any atom is -0.412 e. The van der Waals surface area contributed by atoms with Crippen molar-refractivity contribution in [2.75, 3.05) is 0 Å². The Morgan fingerprint density at radius 2 is 2.40 bits per heavy atom. The summed E-state index contributed by atoms with van der Waals surface area (Å²) in [6.07, 6.45) is 0. The summed E-state index contributed by atoms with van der Waals surface area (Å²) < 4.78 is 4.87. The summed E-state index contributed by atoms with van der Waals surface area (Å²) >= 11 is 4.61. The van der Waals surface area contributed by atoms with E-state index in [0.717, 1.165) is 0 Å². The molecule has 10 heavy (non-hydrogen) atoms. The van der Waals surface area contributed by atoms with Crippen LogP contribution < -0.4 is 5.73 Å². The van der Waals surface area contributed by atoms with E-state index in [1.54, 1.807) is 6.92 Å². The molecule has 1 aromatic heterocycles. The summed E-state index contributed by atoms with van der Waals surface area (Å²) in [6.45, 7) is 1.77. The van der Waals surface area contributed by atoms with Crippen LogP contribution >= 0.6 is 24.6 Å². The molecule has 1 rings (SSSR count). The molecule has 0 saturated carbocycles. The Kier molecular flexibility index (Phi) is 3.55. The highest BCUT2D eigenvalue weighted by Crippen LogP contribution is 2.03. The molecule has 0 bridgehead atoms. The molecule has 1 atom stereocenters. The van der Waals surface area contributed by atoms with Crippen LogP contribution in [0.4, 0.5) is 0 Å². The zero-order chi connectivity index (χ0) is 6.85. The SMILES string of the molecule is CC(N)c1n[nH]c(=S)o1.Cl. The third-order valence-corrected chi connectivity index (χ3v) is 1.02. The van der Waals surface area contributed by atoms with Crippen molar-refractivity contribution in [1.29, 1.82) is 0 Å². The molecule has 0 saturated heterocycles. The number of aromatic amines is 1.